The number of nitrogens with two attached hydrogens (primary N) is 1. The molecular formula is C14H20BrN3O. The van der Waals surface area contributed by atoms with E-state index >= 15 is 0 Å². The predicted molar refractivity (Wildman–Crippen MR) is 81.1 cm³/mol. The quantitative estimate of drug-likeness (QED) is 0.816. The van der Waals surface area contributed by atoms with Gasteiger partial charge in [-0.05, 0) is 60.9 Å². The lowest BCUT2D eigenvalue weighted by molar-refractivity contribution is 0.0939. The summed E-state index contributed by atoms with van der Waals surface area (Å²) in [5.74, 6) is -0.0738. The molecule has 1 aromatic carbocycles. The summed E-state index contributed by atoms with van der Waals surface area (Å²) in [5, 5.41) is 2.96. The van der Waals surface area contributed by atoms with Crippen LogP contribution < -0.4 is 11.1 Å². The number of amides is 1. The van der Waals surface area contributed by atoms with Crippen LogP contribution >= 0.6 is 15.9 Å². The zero-order valence-corrected chi connectivity index (χ0v) is 12.9. The summed E-state index contributed by atoms with van der Waals surface area (Å²) in [6.45, 7) is 2.79. The highest BCUT2D eigenvalue weighted by atomic mass is 79.9. The normalized spacial score (nSPS) is 16.4. The second-order valence-corrected chi connectivity index (χ2v) is 6.05. The molecule has 1 fully saturated rings. The minimum atomic E-state index is -0.0738. The summed E-state index contributed by atoms with van der Waals surface area (Å²) in [7, 11) is 2.12. The molecule has 0 radical (unpaired) electrons. The molecule has 0 spiro atoms. The van der Waals surface area contributed by atoms with Crippen molar-refractivity contribution in [2.75, 3.05) is 19.3 Å². The van der Waals surface area contributed by atoms with Crippen molar-refractivity contribution in [3.05, 3.63) is 28.2 Å². The summed E-state index contributed by atoms with van der Waals surface area (Å²) in [6.07, 6.45) is 2.55. The first kappa shape index (κ1) is 14.3. The van der Waals surface area contributed by atoms with E-state index in [9.17, 15) is 4.79 Å². The van der Waals surface area contributed by atoms with Crippen LogP contribution in [0.15, 0.2) is 22.7 Å². The number of hydrogen-bond acceptors (Lipinski definition) is 3. The van der Waals surface area contributed by atoms with E-state index in [1.165, 1.54) is 12.8 Å². The fourth-order valence-corrected chi connectivity index (χ4v) is 2.26. The molecule has 2 rings (SSSR count). The van der Waals surface area contributed by atoms with Crippen LogP contribution in [0.2, 0.25) is 0 Å². The Hall–Kier alpha value is -1.07. The molecule has 0 aromatic heterocycles. The second kappa shape index (κ2) is 5.92. The maximum absolute atomic E-state index is 12.0. The highest BCUT2D eigenvalue weighted by Crippen LogP contribution is 2.26. The molecule has 1 unspecified atom stereocenters. The largest absolute Gasteiger partial charge is 0.398 e. The topological polar surface area (TPSA) is 58.4 Å². The number of hydrogen-bond donors (Lipinski definition) is 2. The molecule has 0 bridgehead atoms. The van der Waals surface area contributed by atoms with Crippen molar-refractivity contribution >= 4 is 27.5 Å². The van der Waals surface area contributed by atoms with Crippen molar-refractivity contribution in [3.63, 3.8) is 0 Å². The fraction of sp³-hybridized carbons (Fsp3) is 0.500. The number of carbonyl (C=O) groups excluding carboxylic acids is 1. The van der Waals surface area contributed by atoms with Crippen molar-refractivity contribution in [1.29, 1.82) is 0 Å². The lowest BCUT2D eigenvalue weighted by atomic mass is 10.2. The first-order valence-electron chi connectivity index (χ1n) is 6.54. The number of anilines is 1. The average Bonchev–Trinajstić information content (AvgIpc) is 3.22. The molecular weight excluding hydrogens is 306 g/mol. The molecule has 0 aliphatic heterocycles. The summed E-state index contributed by atoms with van der Waals surface area (Å²) < 4.78 is 0.811. The summed E-state index contributed by atoms with van der Waals surface area (Å²) in [5.41, 5.74) is 6.95. The first-order chi connectivity index (χ1) is 8.99. The van der Waals surface area contributed by atoms with Crippen molar-refractivity contribution < 1.29 is 4.79 Å². The van der Waals surface area contributed by atoms with Gasteiger partial charge in [-0.15, -0.1) is 0 Å². The van der Waals surface area contributed by atoms with Gasteiger partial charge in [0.25, 0.3) is 5.91 Å². The molecule has 3 N–H and O–H groups in total. The average molecular weight is 326 g/mol. The van der Waals surface area contributed by atoms with E-state index in [0.29, 0.717) is 29.9 Å². The van der Waals surface area contributed by atoms with Gasteiger partial charge in [0, 0.05) is 34.4 Å². The van der Waals surface area contributed by atoms with E-state index in [2.05, 4.69) is 40.1 Å². The molecule has 1 aromatic rings. The van der Waals surface area contributed by atoms with Gasteiger partial charge in [-0.3, -0.25) is 9.69 Å². The number of carbonyl (C=O) groups is 1. The Labute approximate surface area is 122 Å². The van der Waals surface area contributed by atoms with Crippen molar-refractivity contribution in [2.45, 2.75) is 31.8 Å². The van der Waals surface area contributed by atoms with Crippen LogP contribution in [0.3, 0.4) is 0 Å². The number of benzene rings is 1. The van der Waals surface area contributed by atoms with Crippen molar-refractivity contribution in [3.8, 4) is 0 Å². The molecule has 104 valence electrons. The highest BCUT2D eigenvalue weighted by Gasteiger charge is 2.29. The molecule has 4 nitrogen and oxygen atoms in total. The monoisotopic (exact) mass is 325 g/mol. The SMILES string of the molecule is CC(CNC(=O)c1ccc(Br)c(N)c1)N(C)C1CC1. The fourth-order valence-electron chi connectivity index (χ4n) is 2.01. The van der Waals surface area contributed by atoms with E-state index in [1.807, 2.05) is 0 Å². The molecule has 19 heavy (non-hydrogen) atoms. The van der Waals surface area contributed by atoms with Gasteiger partial charge in [-0.1, -0.05) is 0 Å². The Bertz CT molecular complexity index is 474. The van der Waals surface area contributed by atoms with E-state index in [0.717, 1.165) is 4.47 Å². The van der Waals surface area contributed by atoms with Crippen LogP contribution in [-0.2, 0) is 0 Å². The van der Waals surface area contributed by atoms with E-state index < -0.39 is 0 Å². The number of halogens is 1. The van der Waals surface area contributed by atoms with Crippen LogP contribution in [-0.4, -0.2) is 36.5 Å². The minimum absolute atomic E-state index is 0.0738. The molecule has 0 saturated heterocycles. The van der Waals surface area contributed by atoms with Gasteiger partial charge in [0.2, 0.25) is 0 Å². The third-order valence-electron chi connectivity index (χ3n) is 3.63. The van der Waals surface area contributed by atoms with Gasteiger partial charge in [0.05, 0.1) is 0 Å². The highest BCUT2D eigenvalue weighted by molar-refractivity contribution is 9.10. The number of rotatable bonds is 5. The number of nitrogens with zero attached hydrogens (tertiary/aromatic N) is 1. The Morgan fingerprint density at radius 3 is 2.84 bits per heavy atom. The van der Waals surface area contributed by atoms with Crippen molar-refractivity contribution in [2.24, 2.45) is 0 Å². The van der Waals surface area contributed by atoms with Gasteiger partial charge in [-0.2, -0.15) is 0 Å². The van der Waals surface area contributed by atoms with Crippen molar-refractivity contribution in [1.82, 2.24) is 10.2 Å². The molecule has 1 atom stereocenters. The Balaban J connectivity index is 1.88. The standard InChI is InChI=1S/C14H20BrN3O/c1-9(18(2)11-4-5-11)8-17-14(19)10-3-6-12(15)13(16)7-10/h3,6-7,9,11H,4-5,8,16H2,1-2H3,(H,17,19). The molecule has 1 amide bonds. The van der Waals surface area contributed by atoms with Gasteiger partial charge in [0.15, 0.2) is 0 Å². The minimum Gasteiger partial charge on any atom is -0.398 e. The van der Waals surface area contributed by atoms with Gasteiger partial charge in [0.1, 0.15) is 0 Å². The Morgan fingerprint density at radius 1 is 1.58 bits per heavy atom. The molecule has 0 heterocycles. The Kier molecular flexibility index (Phi) is 4.47. The lowest BCUT2D eigenvalue weighted by Crippen LogP contribution is -2.41. The van der Waals surface area contributed by atoms with Crippen LogP contribution in [0.4, 0.5) is 5.69 Å². The summed E-state index contributed by atoms with van der Waals surface area (Å²) in [6, 6.07) is 6.31. The van der Waals surface area contributed by atoms with Crippen LogP contribution in [0, 0.1) is 0 Å². The maximum atomic E-state index is 12.0. The molecule has 5 heteroatoms. The number of nitrogen functional groups attached to an aromatic ring is 1. The number of nitrogens with one attached hydrogen (secondary N) is 1. The van der Waals surface area contributed by atoms with E-state index in [-0.39, 0.29) is 5.91 Å². The van der Waals surface area contributed by atoms with E-state index in [4.69, 9.17) is 5.73 Å². The Morgan fingerprint density at radius 2 is 2.26 bits per heavy atom. The third kappa shape index (κ3) is 3.70. The smallest absolute Gasteiger partial charge is 0.251 e. The number of likely N-dealkylation sites (N-methyl/N-ethyl adjacent to an activating group) is 1. The third-order valence-corrected chi connectivity index (χ3v) is 4.36. The van der Waals surface area contributed by atoms with Crippen LogP contribution in [0.5, 0.6) is 0 Å². The zero-order chi connectivity index (χ0) is 14.0. The van der Waals surface area contributed by atoms with Crippen LogP contribution in [0.1, 0.15) is 30.1 Å². The first-order valence-corrected chi connectivity index (χ1v) is 7.33. The van der Waals surface area contributed by atoms with Gasteiger partial charge < -0.3 is 11.1 Å². The second-order valence-electron chi connectivity index (χ2n) is 5.19. The summed E-state index contributed by atoms with van der Waals surface area (Å²) in [4.78, 5) is 14.3. The molecule has 1 aliphatic rings. The summed E-state index contributed by atoms with van der Waals surface area (Å²) >= 11 is 3.32. The zero-order valence-electron chi connectivity index (χ0n) is 11.3. The maximum Gasteiger partial charge on any atom is 0.251 e. The van der Waals surface area contributed by atoms with Crippen LogP contribution in [0.25, 0.3) is 0 Å². The molecule has 1 aliphatic carbocycles. The predicted octanol–water partition coefficient (Wildman–Crippen LogP) is 2.24. The van der Waals surface area contributed by atoms with E-state index in [1.54, 1.807) is 18.2 Å². The lowest BCUT2D eigenvalue weighted by Gasteiger charge is -2.24. The van der Waals surface area contributed by atoms with Gasteiger partial charge >= 0.3 is 0 Å². The molecule has 1 saturated carbocycles. The van der Waals surface area contributed by atoms with Gasteiger partial charge in [-0.25, -0.2) is 0 Å².